The predicted molar refractivity (Wildman–Crippen MR) is 82.7 cm³/mol. The SMILES string of the molecule is NC(=O)C1CN(c2cc(F)c(N3CCSCC3)c(F)c2)C(=O)O1. The molecule has 1 aromatic rings. The largest absolute Gasteiger partial charge is 0.434 e. The molecule has 0 spiro atoms. The molecule has 2 aliphatic heterocycles. The summed E-state index contributed by atoms with van der Waals surface area (Å²) in [4.78, 5) is 25.5. The van der Waals surface area contributed by atoms with Gasteiger partial charge in [0.25, 0.3) is 5.91 Å². The Morgan fingerprint density at radius 3 is 2.39 bits per heavy atom. The van der Waals surface area contributed by atoms with E-state index in [0.29, 0.717) is 13.1 Å². The Hall–Kier alpha value is -2.03. The molecule has 124 valence electrons. The maximum atomic E-state index is 14.4. The van der Waals surface area contributed by atoms with E-state index in [1.54, 1.807) is 16.7 Å². The standard InChI is InChI=1S/C14H15F2N3O3S/c15-9-5-8(19-7-11(13(17)20)22-14(19)21)6-10(16)12(9)18-1-3-23-4-2-18/h5-6,11H,1-4,7H2,(H2,17,20). The lowest BCUT2D eigenvalue weighted by Gasteiger charge is -2.29. The van der Waals surface area contributed by atoms with E-state index in [1.807, 2.05) is 0 Å². The van der Waals surface area contributed by atoms with Gasteiger partial charge in [-0.2, -0.15) is 11.8 Å². The van der Waals surface area contributed by atoms with E-state index in [1.165, 1.54) is 0 Å². The normalized spacial score (nSPS) is 21.5. The fourth-order valence-corrected chi connectivity index (χ4v) is 3.52. The van der Waals surface area contributed by atoms with Crippen LogP contribution in [0.15, 0.2) is 12.1 Å². The second-order valence-corrected chi connectivity index (χ2v) is 6.47. The van der Waals surface area contributed by atoms with Gasteiger partial charge in [-0.05, 0) is 0 Å². The van der Waals surface area contributed by atoms with Crippen molar-refractivity contribution in [3.63, 3.8) is 0 Å². The molecular weight excluding hydrogens is 328 g/mol. The zero-order chi connectivity index (χ0) is 16.6. The van der Waals surface area contributed by atoms with Crippen LogP contribution in [-0.4, -0.2) is 49.2 Å². The summed E-state index contributed by atoms with van der Waals surface area (Å²) < 4.78 is 33.5. The van der Waals surface area contributed by atoms with Crippen LogP contribution in [0.5, 0.6) is 0 Å². The average molecular weight is 343 g/mol. The molecule has 0 saturated carbocycles. The molecule has 2 saturated heterocycles. The number of benzene rings is 1. The van der Waals surface area contributed by atoms with Gasteiger partial charge >= 0.3 is 6.09 Å². The van der Waals surface area contributed by atoms with Gasteiger partial charge in [-0.3, -0.25) is 9.69 Å². The first-order valence-corrected chi connectivity index (χ1v) is 8.22. The Labute approximate surface area is 135 Å². The van der Waals surface area contributed by atoms with Gasteiger partial charge in [0, 0.05) is 36.7 Å². The van der Waals surface area contributed by atoms with Crippen molar-refractivity contribution in [3.05, 3.63) is 23.8 Å². The Morgan fingerprint density at radius 1 is 1.26 bits per heavy atom. The zero-order valence-electron chi connectivity index (χ0n) is 12.1. The van der Waals surface area contributed by atoms with Crippen LogP contribution in [0.25, 0.3) is 0 Å². The van der Waals surface area contributed by atoms with Crippen LogP contribution in [0.4, 0.5) is 25.0 Å². The number of hydrogen-bond donors (Lipinski definition) is 1. The molecule has 2 amide bonds. The van der Waals surface area contributed by atoms with Crippen LogP contribution in [-0.2, 0) is 9.53 Å². The third kappa shape index (κ3) is 3.05. The molecule has 3 rings (SSSR count). The van der Waals surface area contributed by atoms with Crippen molar-refractivity contribution in [1.82, 2.24) is 0 Å². The maximum Gasteiger partial charge on any atom is 0.415 e. The van der Waals surface area contributed by atoms with Crippen molar-refractivity contribution in [2.75, 3.05) is 40.9 Å². The molecule has 0 aromatic heterocycles. The van der Waals surface area contributed by atoms with E-state index in [0.717, 1.165) is 28.5 Å². The number of thioether (sulfide) groups is 1. The molecular formula is C14H15F2N3O3S. The zero-order valence-corrected chi connectivity index (χ0v) is 12.9. The summed E-state index contributed by atoms with van der Waals surface area (Å²) in [6.07, 6.45) is -1.97. The van der Waals surface area contributed by atoms with Crippen LogP contribution in [0, 0.1) is 11.6 Å². The minimum Gasteiger partial charge on any atom is -0.434 e. The van der Waals surface area contributed by atoms with Crippen molar-refractivity contribution in [2.24, 2.45) is 5.73 Å². The van der Waals surface area contributed by atoms with Gasteiger partial charge in [0.05, 0.1) is 12.2 Å². The van der Waals surface area contributed by atoms with Gasteiger partial charge in [-0.1, -0.05) is 0 Å². The first-order chi connectivity index (χ1) is 11.0. The summed E-state index contributed by atoms with van der Waals surface area (Å²) in [6, 6.07) is 2.15. The van der Waals surface area contributed by atoms with Crippen molar-refractivity contribution in [3.8, 4) is 0 Å². The number of cyclic esters (lactones) is 1. The molecule has 0 bridgehead atoms. The third-order valence-electron chi connectivity index (χ3n) is 3.77. The minimum atomic E-state index is -1.12. The molecule has 2 heterocycles. The summed E-state index contributed by atoms with van der Waals surface area (Å²) >= 11 is 1.73. The van der Waals surface area contributed by atoms with E-state index < -0.39 is 29.7 Å². The maximum absolute atomic E-state index is 14.4. The van der Waals surface area contributed by atoms with Gasteiger partial charge in [0.2, 0.25) is 0 Å². The van der Waals surface area contributed by atoms with Crippen LogP contribution in [0.3, 0.4) is 0 Å². The number of rotatable bonds is 3. The van der Waals surface area contributed by atoms with E-state index >= 15 is 0 Å². The first-order valence-electron chi connectivity index (χ1n) is 7.06. The van der Waals surface area contributed by atoms with Crippen LogP contribution in [0.1, 0.15) is 0 Å². The van der Waals surface area contributed by atoms with E-state index in [2.05, 4.69) is 0 Å². The fraction of sp³-hybridized carbons (Fsp3) is 0.429. The van der Waals surface area contributed by atoms with E-state index in [4.69, 9.17) is 10.5 Å². The number of halogens is 2. The van der Waals surface area contributed by atoms with E-state index in [9.17, 15) is 18.4 Å². The number of amides is 2. The van der Waals surface area contributed by atoms with Gasteiger partial charge in [-0.25, -0.2) is 13.6 Å². The number of carbonyl (C=O) groups excluding carboxylic acids is 2. The quantitative estimate of drug-likeness (QED) is 0.896. The number of hydrogen-bond acceptors (Lipinski definition) is 5. The summed E-state index contributed by atoms with van der Waals surface area (Å²) in [5, 5.41) is 0. The molecule has 2 fully saturated rings. The molecule has 9 heteroatoms. The Bertz CT molecular complexity index is 629. The lowest BCUT2D eigenvalue weighted by molar-refractivity contribution is -0.124. The highest BCUT2D eigenvalue weighted by molar-refractivity contribution is 7.99. The Morgan fingerprint density at radius 2 is 1.87 bits per heavy atom. The number of nitrogens with zero attached hydrogens (tertiary/aromatic N) is 2. The highest BCUT2D eigenvalue weighted by Gasteiger charge is 2.36. The number of anilines is 2. The summed E-state index contributed by atoms with van der Waals surface area (Å²) in [7, 11) is 0. The number of nitrogens with two attached hydrogens (primary N) is 1. The second-order valence-electron chi connectivity index (χ2n) is 5.24. The monoisotopic (exact) mass is 343 g/mol. The number of ether oxygens (including phenoxy) is 1. The van der Waals surface area contributed by atoms with Crippen molar-refractivity contribution < 1.29 is 23.1 Å². The van der Waals surface area contributed by atoms with E-state index in [-0.39, 0.29) is 17.9 Å². The highest BCUT2D eigenvalue weighted by atomic mass is 32.2. The first kappa shape index (κ1) is 15.9. The molecule has 1 aromatic carbocycles. The molecule has 0 radical (unpaired) electrons. The summed E-state index contributed by atoms with van der Waals surface area (Å²) in [5.41, 5.74) is 5.00. The minimum absolute atomic E-state index is 0.00360. The number of carbonyl (C=O) groups is 2. The van der Waals surface area contributed by atoms with Gasteiger partial charge in [-0.15, -0.1) is 0 Å². The van der Waals surface area contributed by atoms with Crippen molar-refractivity contribution in [2.45, 2.75) is 6.10 Å². The van der Waals surface area contributed by atoms with Crippen LogP contribution < -0.4 is 15.5 Å². The van der Waals surface area contributed by atoms with Gasteiger partial charge in [0.1, 0.15) is 5.69 Å². The Kier molecular flexibility index (Phi) is 4.29. The molecule has 1 atom stereocenters. The topological polar surface area (TPSA) is 75.9 Å². The lowest BCUT2D eigenvalue weighted by Crippen LogP contribution is -2.34. The average Bonchev–Trinajstić information content (AvgIpc) is 2.90. The molecule has 6 nitrogen and oxygen atoms in total. The Balaban J connectivity index is 1.88. The fourth-order valence-electron chi connectivity index (χ4n) is 2.62. The molecule has 1 unspecified atom stereocenters. The van der Waals surface area contributed by atoms with Crippen LogP contribution in [0.2, 0.25) is 0 Å². The van der Waals surface area contributed by atoms with Gasteiger partial charge < -0.3 is 15.4 Å². The summed E-state index contributed by atoms with van der Waals surface area (Å²) in [6.45, 7) is 0.966. The lowest BCUT2D eigenvalue weighted by atomic mass is 10.2. The van der Waals surface area contributed by atoms with Crippen LogP contribution >= 0.6 is 11.8 Å². The third-order valence-corrected chi connectivity index (χ3v) is 4.71. The predicted octanol–water partition coefficient (Wildman–Crippen LogP) is 1.33. The second kappa shape index (κ2) is 6.23. The number of primary amides is 1. The molecule has 23 heavy (non-hydrogen) atoms. The van der Waals surface area contributed by atoms with Crippen molar-refractivity contribution >= 4 is 35.1 Å². The molecule has 2 aliphatic rings. The van der Waals surface area contributed by atoms with Gasteiger partial charge in [0.15, 0.2) is 17.7 Å². The smallest absolute Gasteiger partial charge is 0.415 e. The summed E-state index contributed by atoms with van der Waals surface area (Å²) in [5.74, 6) is -0.688. The molecule has 0 aliphatic carbocycles. The molecule has 2 N–H and O–H groups in total. The van der Waals surface area contributed by atoms with Crippen molar-refractivity contribution in [1.29, 1.82) is 0 Å². The highest BCUT2D eigenvalue weighted by Crippen LogP contribution is 2.32.